The second kappa shape index (κ2) is 6.59. The fourth-order valence-corrected chi connectivity index (χ4v) is 2.87. The molecule has 25 heavy (non-hydrogen) atoms. The molecule has 0 bridgehead atoms. The van der Waals surface area contributed by atoms with Crippen LogP contribution in [0, 0.1) is 18.8 Å². The van der Waals surface area contributed by atoms with Gasteiger partial charge in [0.15, 0.2) is 0 Å². The van der Waals surface area contributed by atoms with Crippen molar-refractivity contribution in [3.8, 4) is 23.0 Å². The maximum atomic E-state index is 4.66. The predicted octanol–water partition coefficient (Wildman–Crippen LogP) is 5.01. The maximum absolute atomic E-state index is 4.66. The van der Waals surface area contributed by atoms with E-state index in [1.165, 1.54) is 11.1 Å². The van der Waals surface area contributed by atoms with Crippen LogP contribution in [0.3, 0.4) is 0 Å². The van der Waals surface area contributed by atoms with Crippen molar-refractivity contribution in [2.75, 3.05) is 0 Å². The zero-order valence-corrected chi connectivity index (χ0v) is 13.9. The number of benzene rings is 2. The topological polar surface area (TPSA) is 25.8 Å². The second-order valence-corrected chi connectivity index (χ2v) is 5.90. The Morgan fingerprint density at radius 1 is 0.760 bits per heavy atom. The standard InChI is InChI=1S/C23H16N2/c1-17-15-21(20-5-3-2-4-6-20)22-16-19(9-10-23(22)25-17)8-7-18-11-13-24-14-12-18/h2-6,9-16H,1H3. The fraction of sp³-hybridized carbons (Fsp3) is 0.0435. The summed E-state index contributed by atoms with van der Waals surface area (Å²) < 4.78 is 0. The molecule has 0 aliphatic heterocycles. The lowest BCUT2D eigenvalue weighted by atomic mass is 9.99. The van der Waals surface area contributed by atoms with E-state index in [9.17, 15) is 0 Å². The van der Waals surface area contributed by atoms with Crippen LogP contribution in [0.2, 0.25) is 0 Å². The Kier molecular flexibility index (Phi) is 3.98. The molecule has 118 valence electrons. The molecule has 2 aromatic heterocycles. The number of hydrogen-bond donors (Lipinski definition) is 0. The maximum Gasteiger partial charge on any atom is 0.0712 e. The molecule has 2 heteroatoms. The van der Waals surface area contributed by atoms with Gasteiger partial charge in [-0.1, -0.05) is 42.2 Å². The minimum Gasteiger partial charge on any atom is -0.265 e. The largest absolute Gasteiger partial charge is 0.265 e. The molecule has 2 nitrogen and oxygen atoms in total. The van der Waals surface area contributed by atoms with E-state index >= 15 is 0 Å². The van der Waals surface area contributed by atoms with Gasteiger partial charge in [0.2, 0.25) is 0 Å². The highest BCUT2D eigenvalue weighted by Gasteiger charge is 2.06. The summed E-state index contributed by atoms with van der Waals surface area (Å²) in [4.78, 5) is 8.68. The lowest BCUT2D eigenvalue weighted by Gasteiger charge is -2.08. The minimum atomic E-state index is 0.959. The highest BCUT2D eigenvalue weighted by Crippen LogP contribution is 2.29. The van der Waals surface area contributed by atoms with Crippen LogP contribution in [0.4, 0.5) is 0 Å². The van der Waals surface area contributed by atoms with Gasteiger partial charge in [0, 0.05) is 34.6 Å². The van der Waals surface area contributed by atoms with E-state index in [-0.39, 0.29) is 0 Å². The molecule has 0 aliphatic carbocycles. The minimum absolute atomic E-state index is 0.959. The van der Waals surface area contributed by atoms with Gasteiger partial charge < -0.3 is 0 Å². The van der Waals surface area contributed by atoms with Gasteiger partial charge in [-0.05, 0) is 54.4 Å². The van der Waals surface area contributed by atoms with Gasteiger partial charge in [-0.3, -0.25) is 9.97 Å². The predicted molar refractivity (Wildman–Crippen MR) is 102 cm³/mol. The summed E-state index contributed by atoms with van der Waals surface area (Å²) >= 11 is 0. The Morgan fingerprint density at radius 3 is 2.32 bits per heavy atom. The van der Waals surface area contributed by atoms with Crippen molar-refractivity contribution in [1.82, 2.24) is 9.97 Å². The molecule has 0 spiro atoms. The molecule has 0 saturated heterocycles. The van der Waals surface area contributed by atoms with E-state index in [1.807, 2.05) is 37.3 Å². The quantitative estimate of drug-likeness (QED) is 0.461. The fourth-order valence-electron chi connectivity index (χ4n) is 2.87. The summed E-state index contributed by atoms with van der Waals surface area (Å²) in [6.07, 6.45) is 3.51. The van der Waals surface area contributed by atoms with E-state index in [0.29, 0.717) is 0 Å². The lowest BCUT2D eigenvalue weighted by Crippen LogP contribution is -1.89. The van der Waals surface area contributed by atoms with E-state index in [0.717, 1.165) is 27.7 Å². The molecule has 2 aromatic carbocycles. The van der Waals surface area contributed by atoms with Gasteiger partial charge in [0.05, 0.1) is 5.52 Å². The van der Waals surface area contributed by atoms with Crippen molar-refractivity contribution in [2.45, 2.75) is 6.92 Å². The Morgan fingerprint density at radius 2 is 1.52 bits per heavy atom. The van der Waals surface area contributed by atoms with Crippen molar-refractivity contribution < 1.29 is 0 Å². The van der Waals surface area contributed by atoms with E-state index in [2.05, 4.69) is 58.2 Å². The third kappa shape index (κ3) is 3.27. The first kappa shape index (κ1) is 15.1. The molecular weight excluding hydrogens is 304 g/mol. The number of aryl methyl sites for hydroxylation is 1. The molecule has 0 atom stereocenters. The monoisotopic (exact) mass is 320 g/mol. The van der Waals surface area contributed by atoms with Crippen molar-refractivity contribution in [2.24, 2.45) is 0 Å². The third-order valence-electron chi connectivity index (χ3n) is 4.05. The summed E-state index contributed by atoms with van der Waals surface area (Å²) in [6.45, 7) is 2.03. The van der Waals surface area contributed by atoms with Crippen molar-refractivity contribution in [3.05, 3.63) is 95.9 Å². The summed E-state index contributed by atoms with van der Waals surface area (Å²) in [5, 5.41) is 1.12. The Bertz CT molecular complexity index is 1090. The first-order valence-electron chi connectivity index (χ1n) is 8.18. The van der Waals surface area contributed by atoms with Gasteiger partial charge in [-0.2, -0.15) is 0 Å². The lowest BCUT2D eigenvalue weighted by molar-refractivity contribution is 1.26. The smallest absolute Gasteiger partial charge is 0.0712 e. The molecular formula is C23H16N2. The Hall–Kier alpha value is -3.44. The van der Waals surface area contributed by atoms with Crippen LogP contribution in [-0.4, -0.2) is 9.97 Å². The molecule has 0 radical (unpaired) electrons. The molecule has 4 rings (SSSR count). The highest BCUT2D eigenvalue weighted by atomic mass is 14.7. The summed E-state index contributed by atoms with van der Waals surface area (Å²) in [5.74, 6) is 6.43. The van der Waals surface area contributed by atoms with Gasteiger partial charge in [-0.25, -0.2) is 0 Å². The Balaban J connectivity index is 1.85. The number of pyridine rings is 2. The normalized spacial score (nSPS) is 10.3. The van der Waals surface area contributed by atoms with Crippen LogP contribution in [0.5, 0.6) is 0 Å². The molecule has 4 aromatic rings. The Labute approximate surface area is 147 Å². The van der Waals surface area contributed by atoms with E-state index < -0.39 is 0 Å². The molecule has 0 amide bonds. The SMILES string of the molecule is Cc1cc(-c2ccccc2)c2cc(C#Cc3ccncc3)ccc2n1. The van der Waals surface area contributed by atoms with E-state index in [1.54, 1.807) is 12.4 Å². The van der Waals surface area contributed by atoms with Crippen LogP contribution < -0.4 is 0 Å². The molecule has 0 aliphatic rings. The number of hydrogen-bond acceptors (Lipinski definition) is 2. The number of fused-ring (bicyclic) bond motifs is 1. The number of nitrogens with zero attached hydrogens (tertiary/aromatic N) is 2. The molecule has 0 saturated carbocycles. The van der Waals surface area contributed by atoms with Gasteiger partial charge >= 0.3 is 0 Å². The summed E-state index contributed by atoms with van der Waals surface area (Å²) in [6, 6.07) is 22.6. The van der Waals surface area contributed by atoms with E-state index in [4.69, 9.17) is 0 Å². The first-order chi connectivity index (χ1) is 12.3. The average Bonchev–Trinajstić information content (AvgIpc) is 2.67. The van der Waals surface area contributed by atoms with Crippen molar-refractivity contribution in [3.63, 3.8) is 0 Å². The first-order valence-corrected chi connectivity index (χ1v) is 8.18. The third-order valence-corrected chi connectivity index (χ3v) is 4.05. The summed E-state index contributed by atoms with van der Waals surface area (Å²) in [7, 11) is 0. The summed E-state index contributed by atoms with van der Waals surface area (Å²) in [5.41, 5.74) is 6.33. The van der Waals surface area contributed by atoms with Crippen LogP contribution in [0.1, 0.15) is 16.8 Å². The molecule has 2 heterocycles. The zero-order valence-electron chi connectivity index (χ0n) is 13.9. The number of aromatic nitrogens is 2. The van der Waals surface area contributed by atoms with Gasteiger partial charge in [0.1, 0.15) is 0 Å². The second-order valence-electron chi connectivity index (χ2n) is 5.90. The van der Waals surface area contributed by atoms with Crippen LogP contribution >= 0.6 is 0 Å². The van der Waals surface area contributed by atoms with Gasteiger partial charge in [0.25, 0.3) is 0 Å². The number of rotatable bonds is 1. The van der Waals surface area contributed by atoms with Crippen LogP contribution in [0.25, 0.3) is 22.0 Å². The average molecular weight is 320 g/mol. The van der Waals surface area contributed by atoms with Gasteiger partial charge in [-0.15, -0.1) is 0 Å². The van der Waals surface area contributed by atoms with Crippen molar-refractivity contribution >= 4 is 10.9 Å². The molecule has 0 unspecified atom stereocenters. The van der Waals surface area contributed by atoms with Crippen molar-refractivity contribution in [1.29, 1.82) is 0 Å². The van der Waals surface area contributed by atoms with Crippen LogP contribution in [0.15, 0.2) is 79.1 Å². The molecule has 0 N–H and O–H groups in total. The highest BCUT2D eigenvalue weighted by molar-refractivity contribution is 5.95. The molecule has 0 fully saturated rings. The van der Waals surface area contributed by atoms with Crippen LogP contribution in [-0.2, 0) is 0 Å². The zero-order chi connectivity index (χ0) is 17.1.